The fourth-order valence-electron chi connectivity index (χ4n) is 3.42. The van der Waals surface area contributed by atoms with Crippen molar-refractivity contribution < 1.29 is 26.6 Å². The van der Waals surface area contributed by atoms with Crippen LogP contribution in [-0.4, -0.2) is 117 Å². The van der Waals surface area contributed by atoms with E-state index in [4.69, 9.17) is 38.0 Å². The zero-order valence-corrected chi connectivity index (χ0v) is 22.4. The predicted octanol–water partition coefficient (Wildman–Crippen LogP) is -0.752. The third-order valence-electron chi connectivity index (χ3n) is 5.39. The Morgan fingerprint density at radius 1 is 0.710 bits per heavy atom. The zero-order chi connectivity index (χ0) is 23.6. The summed E-state index contributed by atoms with van der Waals surface area (Å²) in [7, 11) is 4.68. The van der Waals surface area contributed by atoms with Crippen molar-refractivity contribution in [2.75, 3.05) is 88.5 Å². The van der Waals surface area contributed by atoms with E-state index >= 15 is 0 Å². The van der Waals surface area contributed by atoms with Crippen LogP contribution in [0.25, 0.3) is 0 Å². The number of nitrogens with one attached hydrogen (secondary N) is 2. The molecule has 1 unspecified atom stereocenters. The second-order valence-electron chi connectivity index (χ2n) is 7.08. The van der Waals surface area contributed by atoms with Gasteiger partial charge >= 0.3 is 17.6 Å². The molecule has 0 bridgehead atoms. The number of hydrogen-bond donors (Lipinski definition) is 4. The molecule has 0 aromatic heterocycles. The van der Waals surface area contributed by atoms with Crippen LogP contribution in [-0.2, 0) is 26.6 Å². The van der Waals surface area contributed by atoms with Gasteiger partial charge in [0.05, 0.1) is 6.17 Å². The Labute approximate surface area is 191 Å². The van der Waals surface area contributed by atoms with Crippen molar-refractivity contribution in [3.63, 3.8) is 0 Å². The van der Waals surface area contributed by atoms with E-state index in [2.05, 4.69) is 15.5 Å². The van der Waals surface area contributed by atoms with Gasteiger partial charge in [0.15, 0.2) is 0 Å². The molecule has 0 rings (SSSR count). The smallest absolute Gasteiger partial charge is 0.377 e. The molecule has 0 spiro atoms. The number of nitrogens with two attached hydrogens (primary N) is 2. The fraction of sp³-hybridized carbons (Fsp3) is 1.00. The lowest BCUT2D eigenvalue weighted by Gasteiger charge is -2.33. The highest BCUT2D eigenvalue weighted by molar-refractivity contribution is 6.60. The van der Waals surface area contributed by atoms with Gasteiger partial charge in [0.1, 0.15) is 0 Å². The first-order valence-electron chi connectivity index (χ1n) is 10.8. The predicted molar refractivity (Wildman–Crippen MR) is 127 cm³/mol. The van der Waals surface area contributed by atoms with Gasteiger partial charge in [-0.1, -0.05) is 0 Å². The molecule has 0 heterocycles. The SMILES string of the molecule is CO[Si](CCCNC(CN)N(CCC[Si](OC)(OC)OC)CCNCCN)(OC)OC. The average molecular weight is 486 g/mol. The summed E-state index contributed by atoms with van der Waals surface area (Å²) < 4.78 is 33.1. The largest absolute Gasteiger partial charge is 0.500 e. The van der Waals surface area contributed by atoms with Gasteiger partial charge in [-0.2, -0.15) is 0 Å². The van der Waals surface area contributed by atoms with Gasteiger partial charge in [-0.3, -0.25) is 4.90 Å². The van der Waals surface area contributed by atoms with Gasteiger partial charge in [0.25, 0.3) is 0 Å². The lowest BCUT2D eigenvalue weighted by molar-refractivity contribution is 0.117. The van der Waals surface area contributed by atoms with Crippen LogP contribution in [0.5, 0.6) is 0 Å². The van der Waals surface area contributed by atoms with E-state index in [0.717, 1.165) is 57.7 Å². The molecule has 0 aromatic carbocycles. The first-order valence-corrected chi connectivity index (χ1v) is 14.7. The molecule has 0 fully saturated rings. The van der Waals surface area contributed by atoms with Crippen molar-refractivity contribution in [2.45, 2.75) is 31.1 Å². The van der Waals surface area contributed by atoms with Gasteiger partial charge in [0, 0.05) is 87.5 Å². The molecule has 0 aromatic rings. The summed E-state index contributed by atoms with van der Waals surface area (Å²) in [6.45, 7) is 5.22. The Bertz CT molecular complexity index is 406. The highest BCUT2D eigenvalue weighted by atomic mass is 28.4. The summed E-state index contributed by atoms with van der Waals surface area (Å²) in [5.41, 5.74) is 11.7. The van der Waals surface area contributed by atoms with Crippen molar-refractivity contribution in [1.82, 2.24) is 15.5 Å². The Morgan fingerprint density at radius 3 is 1.68 bits per heavy atom. The minimum Gasteiger partial charge on any atom is -0.377 e. The molecule has 0 radical (unpaired) electrons. The average Bonchev–Trinajstić information content (AvgIpc) is 2.82. The van der Waals surface area contributed by atoms with Crippen molar-refractivity contribution >= 4 is 17.6 Å². The summed E-state index contributed by atoms with van der Waals surface area (Å²) in [5.74, 6) is 0. The molecule has 188 valence electrons. The van der Waals surface area contributed by atoms with Crippen LogP contribution in [0, 0.1) is 0 Å². The summed E-state index contributed by atoms with van der Waals surface area (Å²) in [6, 6.07) is 1.48. The van der Waals surface area contributed by atoms with E-state index in [0.29, 0.717) is 13.1 Å². The van der Waals surface area contributed by atoms with Gasteiger partial charge in [0.2, 0.25) is 0 Å². The topological polar surface area (TPSA) is 135 Å². The van der Waals surface area contributed by atoms with Crippen molar-refractivity contribution in [1.29, 1.82) is 0 Å². The summed E-state index contributed by atoms with van der Waals surface area (Å²) in [4.78, 5) is 2.34. The molecule has 0 aliphatic rings. The van der Waals surface area contributed by atoms with Gasteiger partial charge in [-0.05, 0) is 25.9 Å². The third kappa shape index (κ3) is 11.6. The molecule has 11 nitrogen and oxygen atoms in total. The van der Waals surface area contributed by atoms with Crippen molar-refractivity contribution in [2.24, 2.45) is 11.5 Å². The van der Waals surface area contributed by atoms with E-state index in [1.54, 1.807) is 42.7 Å². The van der Waals surface area contributed by atoms with Gasteiger partial charge in [-0.15, -0.1) is 0 Å². The molecule has 6 N–H and O–H groups in total. The van der Waals surface area contributed by atoms with Crippen LogP contribution < -0.4 is 22.1 Å². The van der Waals surface area contributed by atoms with E-state index in [1.807, 2.05) is 0 Å². The molecular formula is C18H47N5O6Si2. The highest BCUT2D eigenvalue weighted by Crippen LogP contribution is 2.16. The molecule has 1 atom stereocenters. The van der Waals surface area contributed by atoms with Crippen LogP contribution in [0.4, 0.5) is 0 Å². The quantitative estimate of drug-likeness (QED) is 0.0876. The highest BCUT2D eigenvalue weighted by Gasteiger charge is 2.38. The molecule has 0 aliphatic carbocycles. The molecule has 31 heavy (non-hydrogen) atoms. The van der Waals surface area contributed by atoms with E-state index in [1.165, 1.54) is 0 Å². The Hall–Kier alpha value is -0.00623. The van der Waals surface area contributed by atoms with Crippen LogP contribution in [0.1, 0.15) is 12.8 Å². The van der Waals surface area contributed by atoms with Crippen molar-refractivity contribution in [3.8, 4) is 0 Å². The first kappa shape index (κ1) is 31.0. The van der Waals surface area contributed by atoms with E-state index in [-0.39, 0.29) is 6.17 Å². The molecule has 0 aliphatic heterocycles. The molecule has 0 saturated carbocycles. The number of nitrogens with zero attached hydrogens (tertiary/aromatic N) is 1. The summed E-state index contributed by atoms with van der Waals surface area (Å²) >= 11 is 0. The maximum Gasteiger partial charge on any atom is 0.500 e. The molecule has 0 amide bonds. The fourth-order valence-corrected chi connectivity index (χ4v) is 6.84. The van der Waals surface area contributed by atoms with Crippen LogP contribution in [0.3, 0.4) is 0 Å². The molecule has 13 heteroatoms. The van der Waals surface area contributed by atoms with Gasteiger partial charge < -0.3 is 48.7 Å². The monoisotopic (exact) mass is 485 g/mol. The maximum absolute atomic E-state index is 6.11. The summed E-state index contributed by atoms with van der Waals surface area (Å²) in [5, 5.41) is 6.92. The number of hydrogen-bond acceptors (Lipinski definition) is 11. The maximum atomic E-state index is 6.11. The lowest BCUT2D eigenvalue weighted by atomic mass is 10.3. The first-order chi connectivity index (χ1) is 15.0. The molecule has 0 saturated heterocycles. The minimum absolute atomic E-state index is 0.0482. The third-order valence-corrected chi connectivity index (χ3v) is 11.1. The standard InChI is InChI=1S/C18H47N5O6Si2/c1-24-30(25-2,26-3)15-7-10-22-18(17-20)23(14-12-21-11-9-19)13-8-16-31(27-4,28-5)29-6/h18,21-22H,7-17,19-20H2,1-6H3. The van der Waals surface area contributed by atoms with E-state index in [9.17, 15) is 0 Å². The van der Waals surface area contributed by atoms with Gasteiger partial charge in [-0.25, -0.2) is 0 Å². The normalized spacial score (nSPS) is 13.8. The Kier molecular flexibility index (Phi) is 18.4. The van der Waals surface area contributed by atoms with Crippen LogP contribution in [0.15, 0.2) is 0 Å². The second kappa shape index (κ2) is 18.4. The number of rotatable bonds is 22. The zero-order valence-electron chi connectivity index (χ0n) is 20.4. The lowest BCUT2D eigenvalue weighted by Crippen LogP contribution is -2.53. The van der Waals surface area contributed by atoms with Crippen molar-refractivity contribution in [3.05, 3.63) is 0 Å². The van der Waals surface area contributed by atoms with Crippen LogP contribution in [0.2, 0.25) is 12.1 Å². The van der Waals surface area contributed by atoms with Crippen LogP contribution >= 0.6 is 0 Å². The minimum atomic E-state index is -2.59. The Morgan fingerprint density at radius 2 is 1.23 bits per heavy atom. The summed E-state index contributed by atoms with van der Waals surface area (Å²) in [6.07, 6.45) is 1.79. The van der Waals surface area contributed by atoms with E-state index < -0.39 is 17.6 Å². The Balaban J connectivity index is 4.80. The molecular weight excluding hydrogens is 438 g/mol. The second-order valence-corrected chi connectivity index (χ2v) is 13.3.